The Labute approximate surface area is 429 Å². The largest absolute Gasteiger partial charge is 0.462 e. The fourth-order valence-corrected chi connectivity index (χ4v) is 9.00. The van der Waals surface area contributed by atoms with Crippen LogP contribution in [0.4, 0.5) is 0 Å². The van der Waals surface area contributed by atoms with Gasteiger partial charge in [0.15, 0.2) is 6.10 Å². The molecule has 0 aliphatic rings. The molecule has 0 aromatic rings. The molecule has 0 amide bonds. The highest BCUT2D eigenvalue weighted by atomic mass is 16.6. The molecule has 0 fully saturated rings. The third-order valence-electron chi connectivity index (χ3n) is 13.6. The van der Waals surface area contributed by atoms with E-state index < -0.39 is 6.10 Å². The second-order valence-electron chi connectivity index (χ2n) is 20.6. The van der Waals surface area contributed by atoms with Crippen LogP contribution in [0.25, 0.3) is 0 Å². The highest BCUT2D eigenvalue weighted by molar-refractivity contribution is 5.71. The minimum absolute atomic E-state index is 0.0742. The van der Waals surface area contributed by atoms with Gasteiger partial charge in [0, 0.05) is 19.3 Å². The monoisotopic (exact) mass is 969 g/mol. The summed E-state index contributed by atoms with van der Waals surface area (Å²) >= 11 is 0. The standard InChI is InChI=1S/C63H116O6/c1-4-7-10-13-16-19-22-25-27-29-30-31-32-34-36-39-41-44-47-50-53-56-62(65)68-59-60(69-63(66)57-54-51-48-45-42-37-24-21-18-15-12-9-6-3)58-67-61(64)55-52-49-46-43-40-38-35-33-28-26-23-20-17-14-11-8-5-2/h17,20-21,24,26,28,60H,4-16,18-19,22-23,25,27,29-59H2,1-3H3/b20-17-,24-21-,28-26-/t60-/m1/s1. The zero-order chi connectivity index (χ0) is 50.0. The molecule has 0 aliphatic heterocycles. The molecule has 0 saturated carbocycles. The van der Waals surface area contributed by atoms with Crippen LogP contribution in [-0.4, -0.2) is 37.2 Å². The molecule has 404 valence electrons. The third-order valence-corrected chi connectivity index (χ3v) is 13.6. The number of ether oxygens (including phenoxy) is 3. The van der Waals surface area contributed by atoms with E-state index in [1.807, 2.05) is 0 Å². The number of carbonyl (C=O) groups is 3. The van der Waals surface area contributed by atoms with Gasteiger partial charge in [0.2, 0.25) is 0 Å². The van der Waals surface area contributed by atoms with Gasteiger partial charge >= 0.3 is 17.9 Å². The van der Waals surface area contributed by atoms with E-state index in [9.17, 15) is 14.4 Å². The van der Waals surface area contributed by atoms with Gasteiger partial charge < -0.3 is 14.2 Å². The maximum atomic E-state index is 12.8. The van der Waals surface area contributed by atoms with Crippen molar-refractivity contribution in [1.82, 2.24) is 0 Å². The Morgan fingerprint density at radius 1 is 0.290 bits per heavy atom. The Hall–Kier alpha value is -2.37. The van der Waals surface area contributed by atoms with Crippen molar-refractivity contribution in [3.05, 3.63) is 36.5 Å². The lowest BCUT2D eigenvalue weighted by molar-refractivity contribution is -0.167. The molecule has 1 atom stereocenters. The molecular formula is C63H116O6. The predicted octanol–water partition coefficient (Wildman–Crippen LogP) is 20.4. The third kappa shape index (κ3) is 56.4. The summed E-state index contributed by atoms with van der Waals surface area (Å²) < 4.78 is 16.9. The molecular weight excluding hydrogens is 853 g/mol. The maximum absolute atomic E-state index is 12.8. The number of carbonyl (C=O) groups excluding carboxylic acids is 3. The predicted molar refractivity (Wildman–Crippen MR) is 298 cm³/mol. The van der Waals surface area contributed by atoms with Crippen molar-refractivity contribution in [2.24, 2.45) is 0 Å². The molecule has 0 saturated heterocycles. The van der Waals surface area contributed by atoms with Crippen LogP contribution in [-0.2, 0) is 28.6 Å². The van der Waals surface area contributed by atoms with Gasteiger partial charge in [0.25, 0.3) is 0 Å². The van der Waals surface area contributed by atoms with E-state index in [4.69, 9.17) is 14.2 Å². The average Bonchev–Trinajstić information content (AvgIpc) is 3.35. The van der Waals surface area contributed by atoms with Crippen molar-refractivity contribution in [2.45, 2.75) is 335 Å². The van der Waals surface area contributed by atoms with Gasteiger partial charge in [-0.15, -0.1) is 0 Å². The SMILES string of the molecule is CCCCC/C=C\C/C=C\CCCCCCCCCC(=O)OC[C@H](COC(=O)CCCCCCCCCCCCCCCCCCCCCCC)OC(=O)CCCCCCC/C=C\CCCCCC. The minimum Gasteiger partial charge on any atom is -0.462 e. The van der Waals surface area contributed by atoms with Gasteiger partial charge in [-0.25, -0.2) is 0 Å². The summed E-state index contributed by atoms with van der Waals surface area (Å²) in [5.41, 5.74) is 0. The first kappa shape index (κ1) is 66.6. The number of allylic oxidation sites excluding steroid dienone is 6. The molecule has 0 radical (unpaired) electrons. The summed E-state index contributed by atoms with van der Waals surface area (Å²) in [6.45, 7) is 6.64. The number of esters is 3. The Morgan fingerprint density at radius 3 is 0.855 bits per heavy atom. The lowest BCUT2D eigenvalue weighted by Crippen LogP contribution is -2.30. The van der Waals surface area contributed by atoms with E-state index in [0.717, 1.165) is 77.0 Å². The molecule has 0 N–H and O–H groups in total. The highest BCUT2D eigenvalue weighted by Gasteiger charge is 2.19. The van der Waals surface area contributed by atoms with E-state index in [2.05, 4.69) is 57.2 Å². The molecule has 69 heavy (non-hydrogen) atoms. The van der Waals surface area contributed by atoms with Gasteiger partial charge in [-0.3, -0.25) is 14.4 Å². The summed E-state index contributed by atoms with van der Waals surface area (Å²) in [6.07, 6.45) is 70.0. The van der Waals surface area contributed by atoms with Crippen molar-refractivity contribution in [2.75, 3.05) is 13.2 Å². The summed E-state index contributed by atoms with van der Waals surface area (Å²) in [4.78, 5) is 38.2. The molecule has 0 spiro atoms. The lowest BCUT2D eigenvalue weighted by atomic mass is 10.0. The molecule has 0 aromatic heterocycles. The van der Waals surface area contributed by atoms with Crippen LogP contribution in [0, 0.1) is 0 Å². The van der Waals surface area contributed by atoms with E-state index in [0.29, 0.717) is 19.3 Å². The van der Waals surface area contributed by atoms with E-state index in [1.54, 1.807) is 0 Å². The number of hydrogen-bond acceptors (Lipinski definition) is 6. The first-order valence-corrected chi connectivity index (χ1v) is 30.5. The Kier molecular flexibility index (Phi) is 56.2. The normalized spacial score (nSPS) is 12.2. The number of rotatable bonds is 56. The van der Waals surface area contributed by atoms with Crippen LogP contribution in [0.1, 0.15) is 329 Å². The summed E-state index contributed by atoms with van der Waals surface area (Å²) in [6, 6.07) is 0. The first-order valence-electron chi connectivity index (χ1n) is 30.5. The summed E-state index contributed by atoms with van der Waals surface area (Å²) in [5.74, 6) is -0.872. The smallest absolute Gasteiger partial charge is 0.306 e. The Balaban J connectivity index is 4.29. The van der Waals surface area contributed by atoms with Crippen molar-refractivity contribution in [3.63, 3.8) is 0 Å². The second-order valence-corrected chi connectivity index (χ2v) is 20.6. The molecule has 6 nitrogen and oxygen atoms in total. The average molecular weight is 970 g/mol. The van der Waals surface area contributed by atoms with Gasteiger partial charge in [0.05, 0.1) is 0 Å². The van der Waals surface area contributed by atoms with E-state index in [-0.39, 0.29) is 31.1 Å². The minimum atomic E-state index is -0.777. The summed E-state index contributed by atoms with van der Waals surface area (Å²) in [7, 11) is 0. The second kappa shape index (κ2) is 58.2. The van der Waals surface area contributed by atoms with Crippen LogP contribution < -0.4 is 0 Å². The molecule has 0 bridgehead atoms. The highest BCUT2D eigenvalue weighted by Crippen LogP contribution is 2.17. The maximum Gasteiger partial charge on any atom is 0.306 e. The van der Waals surface area contributed by atoms with Crippen molar-refractivity contribution in [1.29, 1.82) is 0 Å². The summed E-state index contributed by atoms with van der Waals surface area (Å²) in [5, 5.41) is 0. The topological polar surface area (TPSA) is 78.9 Å². The molecule has 0 aromatic carbocycles. The van der Waals surface area contributed by atoms with Crippen LogP contribution in [0.5, 0.6) is 0 Å². The Morgan fingerprint density at radius 2 is 0.522 bits per heavy atom. The molecule has 0 heterocycles. The lowest BCUT2D eigenvalue weighted by Gasteiger charge is -2.18. The molecule has 0 unspecified atom stereocenters. The quantitative estimate of drug-likeness (QED) is 0.0261. The van der Waals surface area contributed by atoms with Crippen LogP contribution in [0.15, 0.2) is 36.5 Å². The molecule has 6 heteroatoms. The van der Waals surface area contributed by atoms with Gasteiger partial charge in [-0.1, -0.05) is 269 Å². The van der Waals surface area contributed by atoms with Crippen LogP contribution in [0.2, 0.25) is 0 Å². The number of hydrogen-bond donors (Lipinski definition) is 0. The van der Waals surface area contributed by atoms with Crippen molar-refractivity contribution < 1.29 is 28.6 Å². The fraction of sp³-hybridized carbons (Fsp3) is 0.857. The van der Waals surface area contributed by atoms with Crippen molar-refractivity contribution >= 4 is 17.9 Å². The first-order chi connectivity index (χ1) is 34.0. The molecule has 0 rings (SSSR count). The van der Waals surface area contributed by atoms with Crippen LogP contribution in [0.3, 0.4) is 0 Å². The zero-order valence-electron chi connectivity index (χ0n) is 46.3. The zero-order valence-corrected chi connectivity index (χ0v) is 46.3. The van der Waals surface area contributed by atoms with Gasteiger partial charge in [-0.05, 0) is 77.0 Å². The fourth-order valence-electron chi connectivity index (χ4n) is 9.00. The number of unbranched alkanes of at least 4 members (excludes halogenated alkanes) is 39. The van der Waals surface area contributed by atoms with Crippen LogP contribution >= 0.6 is 0 Å². The van der Waals surface area contributed by atoms with Gasteiger partial charge in [-0.2, -0.15) is 0 Å². The molecule has 0 aliphatic carbocycles. The van der Waals surface area contributed by atoms with E-state index >= 15 is 0 Å². The Bertz CT molecular complexity index is 1160. The van der Waals surface area contributed by atoms with Gasteiger partial charge in [0.1, 0.15) is 13.2 Å². The van der Waals surface area contributed by atoms with Crippen molar-refractivity contribution in [3.8, 4) is 0 Å². The van der Waals surface area contributed by atoms with E-state index in [1.165, 1.54) is 212 Å².